The second-order valence-electron chi connectivity index (χ2n) is 6.76. The molecule has 1 aromatic carbocycles. The third kappa shape index (κ3) is 3.14. The summed E-state index contributed by atoms with van der Waals surface area (Å²) in [5.41, 5.74) is 1.60. The van der Waals surface area contributed by atoms with Gasteiger partial charge in [0.25, 0.3) is 0 Å². The van der Waals surface area contributed by atoms with Crippen molar-refractivity contribution < 1.29 is 18.3 Å². The van der Waals surface area contributed by atoms with E-state index in [1.165, 1.54) is 13.2 Å². The maximum atomic E-state index is 12.5. The molecule has 27 heavy (non-hydrogen) atoms. The number of aliphatic imine (C=N–C) groups is 2. The van der Waals surface area contributed by atoms with E-state index in [0.717, 1.165) is 17.3 Å². The molecule has 2 N–H and O–H groups in total. The number of amidine groups is 1. The van der Waals surface area contributed by atoms with Crippen LogP contribution in [0.1, 0.15) is 31.7 Å². The number of benzene rings is 1. The number of nitrogens with one attached hydrogen (secondary N) is 1. The fourth-order valence-electron chi connectivity index (χ4n) is 3.52. The Bertz CT molecular complexity index is 1060. The summed E-state index contributed by atoms with van der Waals surface area (Å²) >= 11 is 0. The highest BCUT2D eigenvalue weighted by Crippen LogP contribution is 2.46. The molecule has 8 heteroatoms. The van der Waals surface area contributed by atoms with Gasteiger partial charge in [0.2, 0.25) is 0 Å². The molecule has 1 saturated carbocycles. The van der Waals surface area contributed by atoms with Crippen LogP contribution in [0.3, 0.4) is 0 Å². The van der Waals surface area contributed by atoms with E-state index in [2.05, 4.69) is 21.7 Å². The molecule has 0 amide bonds. The number of methoxy groups -OCH3 is 1. The van der Waals surface area contributed by atoms with Crippen LogP contribution in [-0.4, -0.2) is 49.2 Å². The lowest BCUT2D eigenvalue weighted by Crippen LogP contribution is -2.46. The van der Waals surface area contributed by atoms with E-state index < -0.39 is 14.6 Å². The van der Waals surface area contributed by atoms with Crippen LogP contribution in [0.4, 0.5) is 0 Å². The summed E-state index contributed by atoms with van der Waals surface area (Å²) in [7, 11) is -1.91. The first kappa shape index (κ1) is 19.2. The Morgan fingerprint density at radius 2 is 2.07 bits per heavy atom. The molecule has 1 fully saturated rings. The van der Waals surface area contributed by atoms with E-state index in [4.69, 9.17) is 4.74 Å². The number of rotatable bonds is 5. The highest BCUT2D eigenvalue weighted by atomic mass is 32.2. The highest BCUT2D eigenvalue weighted by molar-refractivity contribution is 7.92. The maximum absolute atomic E-state index is 12.5. The summed E-state index contributed by atoms with van der Waals surface area (Å²) in [5, 5.41) is 11.1. The summed E-state index contributed by atoms with van der Waals surface area (Å²) in [6.45, 7) is 5.05. The standard InChI is InChI=1S/C19H23N3O4S/c1-12(23)17(19(7-5-8-19)27(4,24)25)22-18(20-2)15-10-13(26-3)11-16-14(15)6-9-21-16/h6,9-11,21,23H,2,5,7-8H2,1,3-4H3/b17-12+,22-18?. The van der Waals surface area contributed by atoms with Gasteiger partial charge in [-0.15, -0.1) is 0 Å². The van der Waals surface area contributed by atoms with Gasteiger partial charge < -0.3 is 14.8 Å². The maximum Gasteiger partial charge on any atom is 0.159 e. The van der Waals surface area contributed by atoms with Gasteiger partial charge in [0.05, 0.1) is 7.11 Å². The van der Waals surface area contributed by atoms with E-state index in [9.17, 15) is 13.5 Å². The van der Waals surface area contributed by atoms with E-state index in [0.29, 0.717) is 24.2 Å². The summed E-state index contributed by atoms with van der Waals surface area (Å²) in [4.78, 5) is 11.6. The molecule has 1 aromatic heterocycles. The minimum Gasteiger partial charge on any atom is -0.511 e. The van der Waals surface area contributed by atoms with Crippen molar-refractivity contribution in [2.75, 3.05) is 13.4 Å². The van der Waals surface area contributed by atoms with Crippen molar-refractivity contribution in [2.45, 2.75) is 30.9 Å². The zero-order valence-corrected chi connectivity index (χ0v) is 16.4. The molecule has 0 aliphatic heterocycles. The van der Waals surface area contributed by atoms with E-state index in [1.807, 2.05) is 12.1 Å². The fourth-order valence-corrected chi connectivity index (χ4v) is 5.10. The predicted molar refractivity (Wildman–Crippen MR) is 108 cm³/mol. The molecule has 0 radical (unpaired) electrons. The number of fused-ring (bicyclic) bond motifs is 1. The molecule has 1 aliphatic rings. The second-order valence-corrected chi connectivity index (χ2v) is 9.09. The minimum absolute atomic E-state index is 0.130. The number of aliphatic hydroxyl groups excluding tert-OH is 1. The average molecular weight is 389 g/mol. The van der Waals surface area contributed by atoms with Gasteiger partial charge in [0, 0.05) is 35.0 Å². The number of aromatic nitrogens is 1. The van der Waals surface area contributed by atoms with Crippen molar-refractivity contribution in [1.82, 2.24) is 4.98 Å². The van der Waals surface area contributed by atoms with E-state index in [1.54, 1.807) is 19.4 Å². The monoisotopic (exact) mass is 389 g/mol. The van der Waals surface area contributed by atoms with Crippen molar-refractivity contribution in [1.29, 1.82) is 0 Å². The lowest BCUT2D eigenvalue weighted by atomic mass is 9.81. The number of hydrogen-bond acceptors (Lipinski definition) is 5. The minimum atomic E-state index is -3.47. The smallest absolute Gasteiger partial charge is 0.159 e. The zero-order chi connectivity index (χ0) is 19.8. The first-order valence-electron chi connectivity index (χ1n) is 8.54. The molecule has 144 valence electrons. The Morgan fingerprint density at radius 1 is 1.37 bits per heavy atom. The first-order valence-corrected chi connectivity index (χ1v) is 10.4. The van der Waals surface area contributed by atoms with Gasteiger partial charge in [-0.25, -0.2) is 18.4 Å². The fraction of sp³-hybridized carbons (Fsp3) is 0.368. The van der Waals surface area contributed by atoms with Gasteiger partial charge in [-0.3, -0.25) is 0 Å². The quantitative estimate of drug-likeness (QED) is 0.465. The van der Waals surface area contributed by atoms with Crippen molar-refractivity contribution in [3.05, 3.63) is 41.4 Å². The van der Waals surface area contributed by atoms with Crippen LogP contribution in [-0.2, 0) is 9.84 Å². The number of aliphatic hydroxyl groups is 1. The van der Waals surface area contributed by atoms with Crippen LogP contribution in [0, 0.1) is 0 Å². The molecular weight excluding hydrogens is 366 g/mol. The predicted octanol–water partition coefficient (Wildman–Crippen LogP) is 3.38. The molecule has 0 bridgehead atoms. The SMILES string of the molecule is C=NC(=N/C(=C(\C)O)C1(S(C)(=O)=O)CCC1)c1cc(OC)cc2[nH]ccc12. The van der Waals surface area contributed by atoms with Crippen LogP contribution >= 0.6 is 0 Å². The molecule has 0 spiro atoms. The normalized spacial score (nSPS) is 18.0. The summed E-state index contributed by atoms with van der Waals surface area (Å²) in [6, 6.07) is 5.48. The van der Waals surface area contributed by atoms with Crippen LogP contribution in [0.15, 0.2) is 45.8 Å². The van der Waals surface area contributed by atoms with E-state index >= 15 is 0 Å². The first-order chi connectivity index (χ1) is 12.7. The lowest BCUT2D eigenvalue weighted by molar-refractivity contribution is 0.343. The number of aromatic amines is 1. The van der Waals surface area contributed by atoms with Gasteiger partial charge in [0.1, 0.15) is 22.0 Å². The molecular formula is C19H23N3O4S. The molecule has 0 saturated heterocycles. The second kappa shape index (κ2) is 6.84. The number of ether oxygens (including phenoxy) is 1. The Balaban J connectivity index is 2.23. The zero-order valence-electron chi connectivity index (χ0n) is 15.6. The van der Waals surface area contributed by atoms with Crippen LogP contribution < -0.4 is 4.74 Å². The van der Waals surface area contributed by atoms with Crippen molar-refractivity contribution in [3.8, 4) is 5.75 Å². The Kier molecular flexibility index (Phi) is 4.86. The summed E-state index contributed by atoms with van der Waals surface area (Å²) in [6.07, 6.45) is 4.57. The molecule has 0 atom stereocenters. The van der Waals surface area contributed by atoms with Crippen LogP contribution in [0.25, 0.3) is 10.9 Å². The average Bonchev–Trinajstić information content (AvgIpc) is 3.03. The number of allylic oxidation sites excluding steroid dienone is 1. The molecule has 2 aromatic rings. The van der Waals surface area contributed by atoms with Gasteiger partial charge >= 0.3 is 0 Å². The van der Waals surface area contributed by atoms with Crippen molar-refractivity contribution in [3.63, 3.8) is 0 Å². The lowest BCUT2D eigenvalue weighted by Gasteiger charge is -2.40. The summed E-state index contributed by atoms with van der Waals surface area (Å²) in [5.74, 6) is 0.704. The van der Waals surface area contributed by atoms with Gasteiger partial charge in [0.15, 0.2) is 15.7 Å². The molecule has 1 heterocycles. The Hall–Kier alpha value is -2.61. The third-order valence-corrected chi connectivity index (χ3v) is 7.15. The molecule has 0 unspecified atom stereocenters. The van der Waals surface area contributed by atoms with Crippen molar-refractivity contribution >= 4 is 33.3 Å². The van der Waals surface area contributed by atoms with Gasteiger partial charge in [-0.2, -0.15) is 0 Å². The molecule has 3 rings (SSSR count). The van der Waals surface area contributed by atoms with Crippen molar-refractivity contribution in [2.24, 2.45) is 9.98 Å². The Morgan fingerprint density at radius 3 is 2.56 bits per heavy atom. The number of H-pyrrole nitrogens is 1. The van der Waals surface area contributed by atoms with Gasteiger partial charge in [-0.05, 0) is 45.0 Å². The van der Waals surface area contributed by atoms with E-state index in [-0.39, 0.29) is 17.3 Å². The van der Waals surface area contributed by atoms with Crippen LogP contribution in [0.2, 0.25) is 0 Å². The third-order valence-electron chi connectivity index (χ3n) is 5.13. The number of sulfone groups is 1. The Labute approximate surface area is 158 Å². The summed E-state index contributed by atoms with van der Waals surface area (Å²) < 4.78 is 29.1. The largest absolute Gasteiger partial charge is 0.511 e. The topological polar surface area (TPSA) is 104 Å². The number of hydrogen-bond donors (Lipinski definition) is 2. The highest BCUT2D eigenvalue weighted by Gasteiger charge is 2.51. The van der Waals surface area contributed by atoms with Gasteiger partial charge in [-0.1, -0.05) is 0 Å². The molecule has 1 aliphatic carbocycles. The van der Waals surface area contributed by atoms with Crippen LogP contribution in [0.5, 0.6) is 5.75 Å². The molecule has 7 nitrogen and oxygen atoms in total. The number of nitrogens with zero attached hydrogens (tertiary/aromatic N) is 2.